The fraction of sp³-hybridized carbons (Fsp3) is 0.103. The van der Waals surface area contributed by atoms with E-state index in [2.05, 4.69) is 233 Å². The first-order chi connectivity index (χ1) is 28.8. The first-order valence-electron chi connectivity index (χ1n) is 20.8. The van der Waals surface area contributed by atoms with Crippen LogP contribution in [0.25, 0.3) is 66.4 Å². The Morgan fingerprint density at radius 3 is 1.42 bits per heavy atom. The average molecular weight is 756 g/mol. The van der Waals surface area contributed by atoms with Gasteiger partial charge >= 0.3 is 0 Å². The molecular formula is C58H45N. The third-order valence-corrected chi connectivity index (χ3v) is 13.3. The summed E-state index contributed by atoms with van der Waals surface area (Å²) in [7, 11) is 0. The van der Waals surface area contributed by atoms with Gasteiger partial charge in [0.1, 0.15) is 0 Å². The monoisotopic (exact) mass is 755 g/mol. The van der Waals surface area contributed by atoms with Crippen LogP contribution in [0.3, 0.4) is 0 Å². The molecule has 0 saturated heterocycles. The summed E-state index contributed by atoms with van der Waals surface area (Å²) in [6.45, 7) is 9.48. The molecule has 2 aliphatic carbocycles. The molecule has 11 rings (SSSR count). The van der Waals surface area contributed by atoms with Crippen molar-refractivity contribution in [3.8, 4) is 55.6 Å². The molecular weight excluding hydrogens is 711 g/mol. The lowest BCUT2D eigenvalue weighted by Gasteiger charge is -2.29. The maximum Gasteiger partial charge on any atom is 0.0540 e. The molecule has 0 fully saturated rings. The summed E-state index contributed by atoms with van der Waals surface area (Å²) < 4.78 is 0. The highest BCUT2D eigenvalue weighted by atomic mass is 15.1. The number of hydrogen-bond acceptors (Lipinski definition) is 1. The van der Waals surface area contributed by atoms with Gasteiger partial charge in [-0.05, 0) is 126 Å². The molecule has 59 heavy (non-hydrogen) atoms. The highest BCUT2D eigenvalue weighted by Gasteiger charge is 2.37. The number of benzene rings is 9. The van der Waals surface area contributed by atoms with Crippen LogP contribution < -0.4 is 4.90 Å². The average Bonchev–Trinajstić information content (AvgIpc) is 3.65. The van der Waals surface area contributed by atoms with E-state index < -0.39 is 0 Å². The number of rotatable bonds is 6. The molecule has 0 amide bonds. The van der Waals surface area contributed by atoms with E-state index in [0.29, 0.717) is 0 Å². The standard InChI is InChI=1S/C58H45N/c1-57(2)52-19-11-10-18-48(52)49-32-27-44(35-53(49)57)41-25-29-45(30-26-41)59(56-20-12-16-42-15-8-9-17-47(42)56)46-31-34-51-50-33-28-43(36-54(50)58(3,4)55(51)37-46)40-23-21-39(22-24-40)38-13-6-5-7-14-38/h5-37H,1-4H3. The summed E-state index contributed by atoms with van der Waals surface area (Å²) in [5, 5.41) is 2.46. The molecule has 0 bridgehead atoms. The second-order valence-corrected chi connectivity index (χ2v) is 17.4. The molecule has 2 aliphatic rings. The first-order valence-corrected chi connectivity index (χ1v) is 20.8. The molecule has 1 nitrogen and oxygen atoms in total. The Labute approximate surface area is 347 Å². The lowest BCUT2D eigenvalue weighted by atomic mass is 9.81. The van der Waals surface area contributed by atoms with Gasteiger partial charge in [0.25, 0.3) is 0 Å². The highest BCUT2D eigenvalue weighted by Crippen LogP contribution is 2.53. The topological polar surface area (TPSA) is 3.24 Å². The third-order valence-electron chi connectivity index (χ3n) is 13.3. The summed E-state index contributed by atoms with van der Waals surface area (Å²) in [5.41, 5.74) is 21.5. The fourth-order valence-electron chi connectivity index (χ4n) is 10.0. The molecule has 0 saturated carbocycles. The van der Waals surface area contributed by atoms with Gasteiger partial charge in [-0.3, -0.25) is 0 Å². The Morgan fingerprint density at radius 2 is 0.746 bits per heavy atom. The van der Waals surface area contributed by atoms with Crippen LogP contribution >= 0.6 is 0 Å². The zero-order valence-electron chi connectivity index (χ0n) is 34.0. The van der Waals surface area contributed by atoms with E-state index >= 15 is 0 Å². The van der Waals surface area contributed by atoms with Crippen LogP contribution in [0.5, 0.6) is 0 Å². The largest absolute Gasteiger partial charge is 0.310 e. The van der Waals surface area contributed by atoms with Crippen LogP contribution in [0.1, 0.15) is 49.9 Å². The number of hydrogen-bond donors (Lipinski definition) is 0. The van der Waals surface area contributed by atoms with E-state index in [1.54, 1.807) is 0 Å². The van der Waals surface area contributed by atoms with Crippen molar-refractivity contribution >= 4 is 27.8 Å². The van der Waals surface area contributed by atoms with Crippen LogP contribution in [0.2, 0.25) is 0 Å². The van der Waals surface area contributed by atoms with Crippen molar-refractivity contribution in [1.82, 2.24) is 0 Å². The van der Waals surface area contributed by atoms with Crippen LogP contribution in [0.15, 0.2) is 200 Å². The van der Waals surface area contributed by atoms with Gasteiger partial charge < -0.3 is 4.90 Å². The normalized spacial score (nSPS) is 14.0. The van der Waals surface area contributed by atoms with Crippen molar-refractivity contribution in [2.45, 2.75) is 38.5 Å². The molecule has 0 aromatic heterocycles. The van der Waals surface area contributed by atoms with Crippen LogP contribution in [-0.4, -0.2) is 0 Å². The molecule has 0 N–H and O–H groups in total. The van der Waals surface area contributed by atoms with Gasteiger partial charge in [0.05, 0.1) is 5.69 Å². The Balaban J connectivity index is 0.973. The Kier molecular flexibility index (Phi) is 7.94. The van der Waals surface area contributed by atoms with Crippen LogP contribution in [0, 0.1) is 0 Å². The molecule has 0 aliphatic heterocycles. The van der Waals surface area contributed by atoms with Gasteiger partial charge in [-0.25, -0.2) is 0 Å². The molecule has 1 heteroatoms. The van der Waals surface area contributed by atoms with Crippen molar-refractivity contribution in [3.05, 3.63) is 222 Å². The molecule has 0 heterocycles. The zero-order chi connectivity index (χ0) is 39.9. The van der Waals surface area contributed by atoms with E-state index in [9.17, 15) is 0 Å². The Hall–Kier alpha value is -6.96. The van der Waals surface area contributed by atoms with Gasteiger partial charge in [0, 0.05) is 27.6 Å². The van der Waals surface area contributed by atoms with E-state index in [-0.39, 0.29) is 10.8 Å². The SMILES string of the molecule is CC1(C)c2ccccc2-c2ccc(-c3ccc(N(c4ccc5c(c4)C(C)(C)c4cc(-c6ccc(-c7ccccc7)cc6)ccc4-5)c4cccc5ccccc45)cc3)cc21. The van der Waals surface area contributed by atoms with E-state index in [0.717, 1.165) is 11.4 Å². The fourth-order valence-corrected chi connectivity index (χ4v) is 10.0. The maximum absolute atomic E-state index is 2.45. The van der Waals surface area contributed by atoms with Crippen LogP contribution in [0.4, 0.5) is 17.1 Å². The third kappa shape index (κ3) is 5.60. The van der Waals surface area contributed by atoms with Crippen molar-refractivity contribution in [2.75, 3.05) is 4.90 Å². The lowest BCUT2D eigenvalue weighted by molar-refractivity contribution is 0.660. The van der Waals surface area contributed by atoms with Crippen LogP contribution in [-0.2, 0) is 10.8 Å². The molecule has 0 spiro atoms. The molecule has 9 aromatic rings. The van der Waals surface area contributed by atoms with Gasteiger partial charge in [-0.15, -0.1) is 0 Å². The second-order valence-electron chi connectivity index (χ2n) is 17.4. The van der Waals surface area contributed by atoms with Crippen molar-refractivity contribution < 1.29 is 0 Å². The minimum atomic E-state index is -0.185. The predicted molar refractivity (Wildman–Crippen MR) is 250 cm³/mol. The van der Waals surface area contributed by atoms with Crippen molar-refractivity contribution in [1.29, 1.82) is 0 Å². The number of fused-ring (bicyclic) bond motifs is 7. The highest BCUT2D eigenvalue weighted by molar-refractivity contribution is 5.99. The molecule has 0 unspecified atom stereocenters. The zero-order valence-corrected chi connectivity index (χ0v) is 34.0. The summed E-state index contributed by atoms with van der Waals surface area (Å²) in [6, 6.07) is 74.3. The van der Waals surface area contributed by atoms with Crippen molar-refractivity contribution in [2.24, 2.45) is 0 Å². The van der Waals surface area contributed by atoms with Gasteiger partial charge in [0.15, 0.2) is 0 Å². The predicted octanol–water partition coefficient (Wildman–Crippen LogP) is 15.9. The van der Waals surface area contributed by atoms with E-state index in [1.165, 1.54) is 94.3 Å². The smallest absolute Gasteiger partial charge is 0.0540 e. The Bertz CT molecular complexity index is 3070. The molecule has 0 atom stereocenters. The lowest BCUT2D eigenvalue weighted by Crippen LogP contribution is -2.17. The minimum Gasteiger partial charge on any atom is -0.310 e. The number of nitrogens with zero attached hydrogens (tertiary/aromatic N) is 1. The van der Waals surface area contributed by atoms with E-state index in [4.69, 9.17) is 0 Å². The summed E-state index contributed by atoms with van der Waals surface area (Å²) >= 11 is 0. The molecule has 0 radical (unpaired) electrons. The quantitative estimate of drug-likeness (QED) is 0.163. The molecule has 9 aromatic carbocycles. The minimum absolute atomic E-state index is 0.0379. The Morgan fingerprint density at radius 1 is 0.305 bits per heavy atom. The van der Waals surface area contributed by atoms with Crippen molar-refractivity contribution in [3.63, 3.8) is 0 Å². The van der Waals surface area contributed by atoms with Gasteiger partial charge in [-0.2, -0.15) is 0 Å². The maximum atomic E-state index is 2.45. The van der Waals surface area contributed by atoms with Gasteiger partial charge in [0.2, 0.25) is 0 Å². The molecule has 282 valence electrons. The van der Waals surface area contributed by atoms with E-state index in [1.807, 2.05) is 0 Å². The number of anilines is 3. The summed E-state index contributed by atoms with van der Waals surface area (Å²) in [5.74, 6) is 0. The first kappa shape index (κ1) is 35.2. The van der Waals surface area contributed by atoms with Gasteiger partial charge in [-0.1, -0.05) is 185 Å². The summed E-state index contributed by atoms with van der Waals surface area (Å²) in [4.78, 5) is 2.45. The second kappa shape index (κ2) is 13.3. The summed E-state index contributed by atoms with van der Waals surface area (Å²) in [6.07, 6.45) is 0.